The molecule has 0 aromatic heterocycles. The number of aliphatic carboxylic acids is 1. The zero-order chi connectivity index (χ0) is 26.4. The van der Waals surface area contributed by atoms with E-state index < -0.39 is 55.4 Å². The lowest BCUT2D eigenvalue weighted by Crippen LogP contribution is -2.48. The summed E-state index contributed by atoms with van der Waals surface area (Å²) in [6, 6.07) is -1.28. The number of aliphatic hydroxyl groups is 4. The van der Waals surface area contributed by atoms with Gasteiger partial charge in [-0.05, 0) is 32.1 Å². The molecule has 35 heavy (non-hydrogen) atoms. The first-order valence-corrected chi connectivity index (χ1v) is 11.3. The number of rotatable bonds is 13. The predicted molar refractivity (Wildman–Crippen MR) is 115 cm³/mol. The normalized spacial score (nSPS) is 23.7. The van der Waals surface area contributed by atoms with Gasteiger partial charge in [-0.1, -0.05) is 0 Å². The van der Waals surface area contributed by atoms with E-state index in [0.29, 0.717) is 13.2 Å². The third kappa shape index (κ3) is 11.4. The van der Waals surface area contributed by atoms with Gasteiger partial charge in [0.15, 0.2) is 18.5 Å². The van der Waals surface area contributed by atoms with E-state index in [1.165, 1.54) is 0 Å². The molecular weight excluding hydrogens is 474 g/mol. The summed E-state index contributed by atoms with van der Waals surface area (Å²) in [5.41, 5.74) is 5.17. The number of carbonyl (C=O) groups is 4. The molecule has 7 atom stereocenters. The standard InChI is InChI=1S/C11H19NO9.C10H16O4/c12-5(11(19)20)1-2-8(16)21-7(4-14)10(18)9(17)6(15)3-13;11-10(9-4-2-6-13-9)14-7-8-3-1-5-12-8/h4-7,9-10,13,15,17-18H,1-3,12H2,(H,19,20);8-9H,1-7H2/t5-,6+,7-,9+,10+;/m0./s1. The Bertz CT molecular complexity index is 664. The highest BCUT2D eigenvalue weighted by Gasteiger charge is 2.33. The Balaban J connectivity index is 0.000000375. The van der Waals surface area contributed by atoms with Gasteiger partial charge in [0.25, 0.3) is 0 Å². The van der Waals surface area contributed by atoms with Crippen molar-refractivity contribution in [3.63, 3.8) is 0 Å². The van der Waals surface area contributed by atoms with Crippen LogP contribution in [0, 0.1) is 0 Å². The van der Waals surface area contributed by atoms with Gasteiger partial charge in [-0.3, -0.25) is 14.4 Å². The highest BCUT2D eigenvalue weighted by atomic mass is 16.6. The molecule has 0 radical (unpaired) electrons. The summed E-state index contributed by atoms with van der Waals surface area (Å²) in [4.78, 5) is 43.9. The molecular formula is C21H35NO13. The van der Waals surface area contributed by atoms with Crippen LogP contribution in [0.3, 0.4) is 0 Å². The van der Waals surface area contributed by atoms with Crippen molar-refractivity contribution in [2.24, 2.45) is 5.73 Å². The van der Waals surface area contributed by atoms with Crippen molar-refractivity contribution in [1.82, 2.24) is 0 Å². The highest BCUT2D eigenvalue weighted by Crippen LogP contribution is 2.16. The van der Waals surface area contributed by atoms with Crippen molar-refractivity contribution in [1.29, 1.82) is 0 Å². The largest absolute Gasteiger partial charge is 0.480 e. The summed E-state index contributed by atoms with van der Waals surface area (Å²) < 4.78 is 20.2. The highest BCUT2D eigenvalue weighted by molar-refractivity contribution is 5.76. The molecule has 0 aromatic carbocycles. The zero-order valence-electron chi connectivity index (χ0n) is 19.3. The topological polar surface area (TPSA) is 232 Å². The summed E-state index contributed by atoms with van der Waals surface area (Å²) in [7, 11) is 0. The summed E-state index contributed by atoms with van der Waals surface area (Å²) >= 11 is 0. The van der Waals surface area contributed by atoms with Crippen LogP contribution in [0.5, 0.6) is 0 Å². The summed E-state index contributed by atoms with van der Waals surface area (Å²) in [6.45, 7) is 0.992. The van der Waals surface area contributed by atoms with E-state index in [1.807, 2.05) is 0 Å². The number of aldehydes is 1. The number of esters is 2. The maximum atomic E-state index is 11.4. The van der Waals surface area contributed by atoms with Gasteiger partial charge in [-0.2, -0.15) is 0 Å². The van der Waals surface area contributed by atoms with Gasteiger partial charge in [0, 0.05) is 19.6 Å². The second-order valence-electron chi connectivity index (χ2n) is 8.07. The fraction of sp³-hybridized carbons (Fsp3) is 0.810. The first kappa shape index (κ1) is 30.8. The molecule has 2 aliphatic heterocycles. The van der Waals surface area contributed by atoms with Crippen LogP contribution in [0.2, 0.25) is 0 Å². The molecule has 2 unspecified atom stereocenters. The molecule has 2 fully saturated rings. The lowest BCUT2D eigenvalue weighted by Gasteiger charge is -2.25. The summed E-state index contributed by atoms with van der Waals surface area (Å²) in [6.07, 6.45) is -4.34. The van der Waals surface area contributed by atoms with Crippen molar-refractivity contribution in [3.05, 3.63) is 0 Å². The minimum atomic E-state index is -1.94. The summed E-state index contributed by atoms with van der Waals surface area (Å²) in [5, 5.41) is 45.2. The monoisotopic (exact) mass is 509 g/mol. The van der Waals surface area contributed by atoms with E-state index >= 15 is 0 Å². The maximum Gasteiger partial charge on any atom is 0.335 e. The van der Waals surface area contributed by atoms with Crippen LogP contribution in [0.4, 0.5) is 0 Å². The van der Waals surface area contributed by atoms with Gasteiger partial charge in [0.05, 0.1) is 12.7 Å². The Morgan fingerprint density at radius 3 is 2.23 bits per heavy atom. The predicted octanol–water partition coefficient (Wildman–Crippen LogP) is -2.75. The molecule has 202 valence electrons. The Morgan fingerprint density at radius 1 is 1.06 bits per heavy atom. The smallest absolute Gasteiger partial charge is 0.335 e. The van der Waals surface area contributed by atoms with Crippen molar-refractivity contribution >= 4 is 24.2 Å². The van der Waals surface area contributed by atoms with Crippen LogP contribution in [-0.4, -0.2) is 119 Å². The average molecular weight is 510 g/mol. The van der Waals surface area contributed by atoms with Gasteiger partial charge in [0.2, 0.25) is 0 Å². The zero-order valence-corrected chi connectivity index (χ0v) is 19.3. The van der Waals surface area contributed by atoms with Crippen LogP contribution in [-0.2, 0) is 38.1 Å². The number of carboxylic acid groups (broad SMARTS) is 1. The lowest BCUT2D eigenvalue weighted by molar-refractivity contribution is -0.168. The third-order valence-electron chi connectivity index (χ3n) is 5.27. The average Bonchev–Trinajstić information content (AvgIpc) is 3.57. The third-order valence-corrected chi connectivity index (χ3v) is 5.27. The number of carboxylic acids is 1. The number of nitrogens with two attached hydrogens (primary N) is 1. The number of aliphatic hydroxyl groups excluding tert-OH is 4. The second kappa shape index (κ2) is 16.5. The molecule has 14 nitrogen and oxygen atoms in total. The SMILES string of the molecule is N[C@@H](CCC(=O)O[C@@H](C=O)[C@@H](O)[C@H](O)[C@H](O)CO)C(=O)O.O=C(OCC1CCCO1)C1CCCO1. The van der Waals surface area contributed by atoms with Crippen LogP contribution >= 0.6 is 0 Å². The van der Waals surface area contributed by atoms with Gasteiger partial charge in [0.1, 0.15) is 31.0 Å². The van der Waals surface area contributed by atoms with Crippen LogP contribution in [0.1, 0.15) is 38.5 Å². The van der Waals surface area contributed by atoms with Gasteiger partial charge >= 0.3 is 17.9 Å². The number of hydrogen-bond acceptors (Lipinski definition) is 13. The molecule has 0 amide bonds. The van der Waals surface area contributed by atoms with E-state index in [0.717, 1.165) is 32.3 Å². The molecule has 2 heterocycles. The van der Waals surface area contributed by atoms with Crippen LogP contribution in [0.25, 0.3) is 0 Å². The Labute approximate surface area is 201 Å². The van der Waals surface area contributed by atoms with Crippen molar-refractivity contribution in [2.45, 2.75) is 81.2 Å². The van der Waals surface area contributed by atoms with Crippen LogP contribution in [0.15, 0.2) is 0 Å². The first-order valence-electron chi connectivity index (χ1n) is 11.3. The molecule has 0 aliphatic carbocycles. The number of ether oxygens (including phenoxy) is 4. The van der Waals surface area contributed by atoms with Crippen molar-refractivity contribution in [2.75, 3.05) is 26.4 Å². The minimum absolute atomic E-state index is 0.0347. The number of hydrogen-bond donors (Lipinski definition) is 6. The Kier molecular flexibility index (Phi) is 14.5. The fourth-order valence-corrected chi connectivity index (χ4v) is 3.12. The molecule has 0 bridgehead atoms. The molecule has 2 rings (SSSR count). The lowest BCUT2D eigenvalue weighted by atomic mass is 10.0. The van der Waals surface area contributed by atoms with Gasteiger partial charge in [-0.25, -0.2) is 4.79 Å². The van der Waals surface area contributed by atoms with Crippen molar-refractivity contribution in [3.8, 4) is 0 Å². The molecule has 0 saturated carbocycles. The first-order chi connectivity index (χ1) is 16.6. The van der Waals surface area contributed by atoms with E-state index in [-0.39, 0.29) is 30.9 Å². The maximum absolute atomic E-state index is 11.4. The quantitative estimate of drug-likeness (QED) is 0.109. The van der Waals surface area contributed by atoms with Crippen molar-refractivity contribution < 1.29 is 63.7 Å². The Hall–Kier alpha value is -2.20. The van der Waals surface area contributed by atoms with E-state index in [2.05, 4.69) is 4.74 Å². The Morgan fingerprint density at radius 2 is 1.71 bits per heavy atom. The van der Waals surface area contributed by atoms with Crippen LogP contribution < -0.4 is 5.73 Å². The molecule has 2 saturated heterocycles. The van der Waals surface area contributed by atoms with E-state index in [1.54, 1.807) is 0 Å². The second-order valence-corrected chi connectivity index (χ2v) is 8.07. The van der Waals surface area contributed by atoms with E-state index in [4.69, 9.17) is 35.3 Å². The fourth-order valence-electron chi connectivity index (χ4n) is 3.12. The summed E-state index contributed by atoms with van der Waals surface area (Å²) in [5.74, 6) is -2.54. The molecule has 0 aromatic rings. The molecule has 0 spiro atoms. The molecule has 7 N–H and O–H groups in total. The molecule has 2 aliphatic rings. The van der Waals surface area contributed by atoms with Gasteiger partial charge in [-0.15, -0.1) is 0 Å². The van der Waals surface area contributed by atoms with Gasteiger partial charge < -0.3 is 50.2 Å². The van der Waals surface area contributed by atoms with E-state index in [9.17, 15) is 29.4 Å². The minimum Gasteiger partial charge on any atom is -0.480 e. The molecule has 14 heteroatoms. The number of carbonyl (C=O) groups excluding carboxylic acids is 3.